The summed E-state index contributed by atoms with van der Waals surface area (Å²) in [6.45, 7) is 2.37. The Balaban J connectivity index is 1.89. The van der Waals surface area contributed by atoms with Crippen LogP contribution in [0.1, 0.15) is 24.5 Å². The van der Waals surface area contributed by atoms with Crippen molar-refractivity contribution in [2.45, 2.75) is 25.0 Å². The van der Waals surface area contributed by atoms with Gasteiger partial charge in [-0.1, -0.05) is 30.3 Å². The lowest BCUT2D eigenvalue weighted by Gasteiger charge is -2.34. The van der Waals surface area contributed by atoms with Crippen LogP contribution < -0.4 is 5.73 Å². The molecule has 1 aromatic carbocycles. The number of hydrogen-bond acceptors (Lipinski definition) is 4. The minimum absolute atomic E-state index is 0.00957. The molecule has 5 nitrogen and oxygen atoms in total. The zero-order valence-electron chi connectivity index (χ0n) is 12.5. The smallest absolute Gasteiger partial charge is 0.239 e. The SMILES string of the molecule is COCCCC(N)C(=O)N1CCOC(c2ccccc2)C1. The Morgan fingerprint density at radius 3 is 2.95 bits per heavy atom. The first-order valence-electron chi connectivity index (χ1n) is 7.42. The molecule has 0 saturated carbocycles. The largest absolute Gasteiger partial charge is 0.385 e. The van der Waals surface area contributed by atoms with Gasteiger partial charge in [-0.2, -0.15) is 0 Å². The van der Waals surface area contributed by atoms with Crippen molar-refractivity contribution in [1.82, 2.24) is 4.90 Å². The molecule has 21 heavy (non-hydrogen) atoms. The Hall–Kier alpha value is -1.43. The fourth-order valence-corrected chi connectivity index (χ4v) is 2.52. The number of morpholine rings is 1. The number of methoxy groups -OCH3 is 1. The first kappa shape index (κ1) is 15.9. The monoisotopic (exact) mass is 292 g/mol. The first-order chi connectivity index (χ1) is 10.2. The predicted molar refractivity (Wildman–Crippen MR) is 80.8 cm³/mol. The van der Waals surface area contributed by atoms with Gasteiger partial charge in [-0.3, -0.25) is 4.79 Å². The van der Waals surface area contributed by atoms with Crippen LogP contribution in [0.3, 0.4) is 0 Å². The van der Waals surface area contributed by atoms with E-state index in [0.29, 0.717) is 32.7 Å². The van der Waals surface area contributed by atoms with E-state index in [1.54, 1.807) is 7.11 Å². The predicted octanol–water partition coefficient (Wildman–Crippen LogP) is 1.34. The molecule has 0 radical (unpaired) electrons. The van der Waals surface area contributed by atoms with Crippen LogP contribution in [0.5, 0.6) is 0 Å². The third-order valence-corrected chi connectivity index (χ3v) is 3.73. The molecule has 0 aliphatic carbocycles. The fraction of sp³-hybridized carbons (Fsp3) is 0.562. The number of benzene rings is 1. The number of carbonyl (C=O) groups excluding carboxylic acids is 1. The molecular weight excluding hydrogens is 268 g/mol. The molecule has 1 heterocycles. The van der Waals surface area contributed by atoms with Crippen LogP contribution in [0.25, 0.3) is 0 Å². The molecular formula is C16H24N2O3. The maximum atomic E-state index is 12.4. The Morgan fingerprint density at radius 1 is 1.48 bits per heavy atom. The van der Waals surface area contributed by atoms with Crippen molar-refractivity contribution in [2.75, 3.05) is 33.4 Å². The summed E-state index contributed by atoms with van der Waals surface area (Å²) in [5.41, 5.74) is 7.09. The number of ether oxygens (including phenoxy) is 2. The standard InChI is InChI=1S/C16H24N2O3/c1-20-10-5-8-14(17)16(19)18-9-11-21-15(12-18)13-6-3-2-4-7-13/h2-4,6-7,14-15H,5,8-12,17H2,1H3. The molecule has 2 rings (SSSR count). The first-order valence-corrected chi connectivity index (χ1v) is 7.42. The Labute approximate surface area is 126 Å². The van der Waals surface area contributed by atoms with E-state index in [4.69, 9.17) is 15.2 Å². The average molecular weight is 292 g/mol. The van der Waals surface area contributed by atoms with Gasteiger partial charge in [0.05, 0.1) is 19.2 Å². The summed E-state index contributed by atoms with van der Waals surface area (Å²) in [5.74, 6) is 0.00957. The van der Waals surface area contributed by atoms with E-state index in [-0.39, 0.29) is 12.0 Å². The van der Waals surface area contributed by atoms with Gasteiger partial charge in [-0.25, -0.2) is 0 Å². The van der Waals surface area contributed by atoms with E-state index in [2.05, 4.69) is 0 Å². The van der Waals surface area contributed by atoms with Crippen molar-refractivity contribution >= 4 is 5.91 Å². The van der Waals surface area contributed by atoms with Gasteiger partial charge in [0.15, 0.2) is 0 Å². The number of hydrogen-bond donors (Lipinski definition) is 1. The van der Waals surface area contributed by atoms with Crippen molar-refractivity contribution < 1.29 is 14.3 Å². The molecule has 1 aromatic rings. The third kappa shape index (κ3) is 4.52. The minimum Gasteiger partial charge on any atom is -0.385 e. The van der Waals surface area contributed by atoms with Gasteiger partial charge in [-0.05, 0) is 18.4 Å². The fourth-order valence-electron chi connectivity index (χ4n) is 2.52. The molecule has 2 atom stereocenters. The van der Waals surface area contributed by atoms with Gasteiger partial charge < -0.3 is 20.1 Å². The van der Waals surface area contributed by atoms with Gasteiger partial charge in [0.2, 0.25) is 5.91 Å². The van der Waals surface area contributed by atoms with E-state index in [9.17, 15) is 4.79 Å². The lowest BCUT2D eigenvalue weighted by Crippen LogP contribution is -2.49. The molecule has 0 spiro atoms. The van der Waals surface area contributed by atoms with E-state index in [1.165, 1.54) is 0 Å². The Kier molecular flexibility index (Phi) is 6.17. The highest BCUT2D eigenvalue weighted by molar-refractivity contribution is 5.81. The summed E-state index contributed by atoms with van der Waals surface area (Å²) < 4.78 is 10.8. The molecule has 5 heteroatoms. The number of nitrogens with two attached hydrogens (primary N) is 1. The minimum atomic E-state index is -0.449. The number of amides is 1. The number of rotatable bonds is 6. The highest BCUT2D eigenvalue weighted by atomic mass is 16.5. The molecule has 0 aromatic heterocycles. The van der Waals surface area contributed by atoms with Crippen molar-refractivity contribution in [1.29, 1.82) is 0 Å². The van der Waals surface area contributed by atoms with Gasteiger partial charge in [0.1, 0.15) is 6.10 Å². The highest BCUT2D eigenvalue weighted by Gasteiger charge is 2.28. The molecule has 2 unspecified atom stereocenters. The molecule has 1 aliphatic heterocycles. The maximum absolute atomic E-state index is 12.4. The second-order valence-corrected chi connectivity index (χ2v) is 5.30. The molecule has 2 N–H and O–H groups in total. The van der Waals surface area contributed by atoms with Crippen LogP contribution in [-0.4, -0.2) is 50.3 Å². The zero-order valence-corrected chi connectivity index (χ0v) is 12.5. The highest BCUT2D eigenvalue weighted by Crippen LogP contribution is 2.22. The number of nitrogens with zero attached hydrogens (tertiary/aromatic N) is 1. The van der Waals surface area contributed by atoms with Crippen LogP contribution in [0, 0.1) is 0 Å². The number of carbonyl (C=O) groups is 1. The molecule has 1 amide bonds. The molecule has 116 valence electrons. The van der Waals surface area contributed by atoms with Crippen molar-refractivity contribution in [2.24, 2.45) is 5.73 Å². The second kappa shape index (κ2) is 8.12. The summed E-state index contributed by atoms with van der Waals surface area (Å²) in [7, 11) is 1.65. The maximum Gasteiger partial charge on any atom is 0.239 e. The van der Waals surface area contributed by atoms with Gasteiger partial charge in [0.25, 0.3) is 0 Å². The zero-order chi connectivity index (χ0) is 15.1. The Morgan fingerprint density at radius 2 is 2.24 bits per heavy atom. The normalized spacial score (nSPS) is 20.3. The van der Waals surface area contributed by atoms with Crippen molar-refractivity contribution in [3.63, 3.8) is 0 Å². The van der Waals surface area contributed by atoms with Crippen LogP contribution in [0.4, 0.5) is 0 Å². The van der Waals surface area contributed by atoms with Crippen molar-refractivity contribution in [3.05, 3.63) is 35.9 Å². The molecule has 1 aliphatic rings. The van der Waals surface area contributed by atoms with E-state index >= 15 is 0 Å². The lowest BCUT2D eigenvalue weighted by molar-refractivity contribution is -0.140. The molecule has 0 bridgehead atoms. The van der Waals surface area contributed by atoms with E-state index in [1.807, 2.05) is 35.2 Å². The Bertz CT molecular complexity index is 438. The third-order valence-electron chi connectivity index (χ3n) is 3.73. The van der Waals surface area contributed by atoms with Gasteiger partial charge in [0, 0.05) is 20.3 Å². The van der Waals surface area contributed by atoms with Gasteiger partial charge in [-0.15, -0.1) is 0 Å². The summed E-state index contributed by atoms with van der Waals surface area (Å²) in [5, 5.41) is 0. The molecule has 1 fully saturated rings. The average Bonchev–Trinajstić information content (AvgIpc) is 2.55. The van der Waals surface area contributed by atoms with Gasteiger partial charge >= 0.3 is 0 Å². The van der Waals surface area contributed by atoms with E-state index < -0.39 is 6.04 Å². The summed E-state index contributed by atoms with van der Waals surface area (Å²) in [6.07, 6.45) is 1.39. The topological polar surface area (TPSA) is 64.8 Å². The van der Waals surface area contributed by atoms with Crippen LogP contribution in [0.15, 0.2) is 30.3 Å². The van der Waals surface area contributed by atoms with Crippen LogP contribution in [0.2, 0.25) is 0 Å². The van der Waals surface area contributed by atoms with Crippen molar-refractivity contribution in [3.8, 4) is 0 Å². The summed E-state index contributed by atoms with van der Waals surface area (Å²) >= 11 is 0. The van der Waals surface area contributed by atoms with E-state index in [0.717, 1.165) is 12.0 Å². The lowest BCUT2D eigenvalue weighted by atomic mass is 10.1. The van der Waals surface area contributed by atoms with Crippen LogP contribution >= 0.6 is 0 Å². The quantitative estimate of drug-likeness (QED) is 0.804. The summed E-state index contributed by atoms with van der Waals surface area (Å²) in [4.78, 5) is 14.2. The van der Waals surface area contributed by atoms with Crippen LogP contribution in [-0.2, 0) is 14.3 Å². The molecule has 1 saturated heterocycles. The second-order valence-electron chi connectivity index (χ2n) is 5.30. The summed E-state index contributed by atoms with van der Waals surface area (Å²) in [6, 6.07) is 9.54.